The van der Waals surface area contributed by atoms with Crippen molar-refractivity contribution in [1.29, 1.82) is 0 Å². The third-order valence-electron chi connectivity index (χ3n) is 3.88. The largest absolute Gasteiger partial charge is 0.489 e. The van der Waals surface area contributed by atoms with Crippen LogP contribution < -0.4 is 14.9 Å². The smallest absolute Gasteiger partial charge is 0.277 e. The van der Waals surface area contributed by atoms with Gasteiger partial charge in [-0.15, -0.1) is 0 Å². The first-order valence-corrected chi connectivity index (χ1v) is 9.23. The zero-order chi connectivity index (χ0) is 20.2. The van der Waals surface area contributed by atoms with E-state index in [0.29, 0.717) is 12.4 Å². The molecule has 1 amide bonds. The molecule has 1 N–H and O–H groups in total. The van der Waals surface area contributed by atoms with Crippen molar-refractivity contribution in [3.05, 3.63) is 102 Å². The second-order valence-electron chi connectivity index (χ2n) is 6.12. The molecule has 5 nitrogen and oxygen atoms in total. The Morgan fingerprint density at radius 1 is 0.828 bits per heavy atom. The van der Waals surface area contributed by atoms with E-state index in [1.807, 2.05) is 78.9 Å². The normalized spacial score (nSPS) is 10.9. The lowest BCUT2D eigenvalue weighted by atomic mass is 10.2. The summed E-state index contributed by atoms with van der Waals surface area (Å²) in [5.41, 5.74) is 4.58. The Morgan fingerprint density at radius 2 is 1.45 bits per heavy atom. The monoisotopic (exact) mass is 386 g/mol. The molecule has 0 radical (unpaired) electrons. The number of carbonyl (C=O) groups excluding carboxylic acids is 1. The minimum atomic E-state index is -0.334. The molecule has 0 aliphatic carbocycles. The number of carbonyl (C=O) groups is 1. The summed E-state index contributed by atoms with van der Waals surface area (Å²) in [7, 11) is 0. The van der Waals surface area contributed by atoms with E-state index < -0.39 is 0 Å². The van der Waals surface area contributed by atoms with Crippen molar-refractivity contribution in [1.82, 2.24) is 5.43 Å². The summed E-state index contributed by atoms with van der Waals surface area (Å²) in [6.45, 7) is 0.379. The highest BCUT2D eigenvalue weighted by Gasteiger charge is 2.02. The molecule has 0 saturated heterocycles. The first-order valence-electron chi connectivity index (χ1n) is 9.23. The van der Waals surface area contributed by atoms with Gasteiger partial charge in [-0.1, -0.05) is 66.7 Å². The van der Waals surface area contributed by atoms with Crippen molar-refractivity contribution in [3.63, 3.8) is 0 Å². The number of ether oxygens (including phenoxy) is 2. The average Bonchev–Trinajstić information content (AvgIpc) is 2.78. The van der Waals surface area contributed by atoms with Crippen LogP contribution in [0.4, 0.5) is 0 Å². The Hall–Kier alpha value is -3.86. The van der Waals surface area contributed by atoms with Crippen molar-refractivity contribution in [2.24, 2.45) is 5.10 Å². The summed E-state index contributed by atoms with van der Waals surface area (Å²) in [5.74, 6) is 0.986. The van der Waals surface area contributed by atoms with Crippen molar-refractivity contribution >= 4 is 18.2 Å². The Balaban J connectivity index is 1.36. The van der Waals surface area contributed by atoms with E-state index in [0.717, 1.165) is 16.9 Å². The number of benzene rings is 3. The molecule has 3 aromatic rings. The number of hydrogen-bond acceptors (Lipinski definition) is 4. The van der Waals surface area contributed by atoms with Crippen LogP contribution in [0.5, 0.6) is 11.5 Å². The lowest BCUT2D eigenvalue weighted by Gasteiger charge is -2.08. The van der Waals surface area contributed by atoms with E-state index in [2.05, 4.69) is 10.5 Å². The van der Waals surface area contributed by atoms with E-state index in [4.69, 9.17) is 9.47 Å². The number of hydrazone groups is 1. The summed E-state index contributed by atoms with van der Waals surface area (Å²) in [6, 6.07) is 26.9. The third-order valence-corrected chi connectivity index (χ3v) is 3.88. The van der Waals surface area contributed by atoms with Gasteiger partial charge in [0.05, 0.1) is 0 Å². The zero-order valence-corrected chi connectivity index (χ0v) is 15.9. The van der Waals surface area contributed by atoms with Crippen LogP contribution in [0.1, 0.15) is 11.1 Å². The number of nitrogens with one attached hydrogen (secondary N) is 1. The van der Waals surface area contributed by atoms with E-state index in [1.54, 1.807) is 18.2 Å². The van der Waals surface area contributed by atoms with E-state index in [-0.39, 0.29) is 12.5 Å². The molecule has 0 fully saturated rings. The first-order chi connectivity index (χ1) is 14.3. The maximum atomic E-state index is 11.8. The second kappa shape index (κ2) is 11.1. The van der Waals surface area contributed by atoms with Crippen LogP contribution in [0.15, 0.2) is 96.1 Å². The van der Waals surface area contributed by atoms with Gasteiger partial charge in [-0.2, -0.15) is 5.10 Å². The predicted molar refractivity (Wildman–Crippen MR) is 115 cm³/mol. The molecule has 3 aromatic carbocycles. The minimum Gasteiger partial charge on any atom is -0.489 e. The molecule has 29 heavy (non-hydrogen) atoms. The molecule has 0 heterocycles. The van der Waals surface area contributed by atoms with Crippen LogP contribution in [0.3, 0.4) is 0 Å². The van der Waals surface area contributed by atoms with Crippen LogP contribution in [0, 0.1) is 0 Å². The lowest BCUT2D eigenvalue weighted by molar-refractivity contribution is -0.123. The quantitative estimate of drug-likeness (QED) is 0.436. The van der Waals surface area contributed by atoms with E-state index in [9.17, 15) is 4.79 Å². The summed E-state index contributed by atoms with van der Waals surface area (Å²) >= 11 is 0. The molecule has 0 spiro atoms. The Bertz CT molecular complexity index is 937. The van der Waals surface area contributed by atoms with Crippen LogP contribution in [0.2, 0.25) is 0 Å². The molecule has 3 rings (SSSR count). The lowest BCUT2D eigenvalue weighted by Crippen LogP contribution is -2.24. The highest BCUT2D eigenvalue weighted by atomic mass is 16.5. The Kier molecular flexibility index (Phi) is 7.61. The SMILES string of the molecule is O=C(COc1ccc(OCc2ccccc2)cc1)N/N=C\C=C\c1ccccc1. The molecule has 0 unspecified atom stereocenters. The zero-order valence-electron chi connectivity index (χ0n) is 15.9. The van der Waals surface area contributed by atoms with Crippen molar-refractivity contribution in [2.75, 3.05) is 6.61 Å². The highest BCUT2D eigenvalue weighted by molar-refractivity contribution is 5.81. The predicted octanol–water partition coefficient (Wildman–Crippen LogP) is 4.46. The van der Waals surface area contributed by atoms with E-state index in [1.165, 1.54) is 6.21 Å². The third kappa shape index (κ3) is 7.34. The molecule has 0 aliphatic heterocycles. The molecule has 0 aliphatic rings. The van der Waals surface area contributed by atoms with Crippen LogP contribution >= 0.6 is 0 Å². The summed E-state index contributed by atoms with van der Waals surface area (Å²) in [4.78, 5) is 11.8. The maximum absolute atomic E-state index is 11.8. The van der Waals surface area contributed by atoms with Crippen molar-refractivity contribution in [2.45, 2.75) is 6.61 Å². The van der Waals surface area contributed by atoms with Crippen molar-refractivity contribution in [3.8, 4) is 11.5 Å². The summed E-state index contributed by atoms with van der Waals surface area (Å²) < 4.78 is 11.2. The van der Waals surface area contributed by atoms with Crippen LogP contribution in [-0.4, -0.2) is 18.7 Å². The van der Waals surface area contributed by atoms with Gasteiger partial charge in [0.1, 0.15) is 18.1 Å². The summed E-state index contributed by atoms with van der Waals surface area (Å²) in [5, 5.41) is 3.85. The first kappa shape index (κ1) is 19.9. The topological polar surface area (TPSA) is 59.9 Å². The van der Waals surface area contributed by atoms with Gasteiger partial charge >= 0.3 is 0 Å². The van der Waals surface area contributed by atoms with E-state index >= 15 is 0 Å². The van der Waals surface area contributed by atoms with Gasteiger partial charge in [-0.05, 0) is 41.5 Å². The van der Waals surface area contributed by atoms with Gasteiger partial charge in [-0.25, -0.2) is 5.43 Å². The second-order valence-corrected chi connectivity index (χ2v) is 6.12. The van der Waals surface area contributed by atoms with Crippen LogP contribution in [0.25, 0.3) is 6.08 Å². The number of amides is 1. The molecular weight excluding hydrogens is 364 g/mol. The Morgan fingerprint density at radius 3 is 2.14 bits per heavy atom. The number of hydrogen-bond donors (Lipinski definition) is 1. The van der Waals surface area contributed by atoms with Gasteiger partial charge in [0.15, 0.2) is 6.61 Å². The molecule has 0 atom stereocenters. The number of allylic oxidation sites excluding steroid dienone is 1. The van der Waals surface area contributed by atoms with Crippen molar-refractivity contribution < 1.29 is 14.3 Å². The molecule has 0 aromatic heterocycles. The fourth-order valence-electron chi connectivity index (χ4n) is 2.42. The fourth-order valence-corrected chi connectivity index (χ4v) is 2.42. The number of rotatable bonds is 9. The van der Waals surface area contributed by atoms with Gasteiger partial charge in [-0.3, -0.25) is 4.79 Å². The van der Waals surface area contributed by atoms with Gasteiger partial charge in [0.2, 0.25) is 0 Å². The Labute approximate surface area is 170 Å². The van der Waals surface area contributed by atoms with Crippen LogP contribution in [-0.2, 0) is 11.4 Å². The molecule has 0 saturated carbocycles. The molecule has 146 valence electrons. The maximum Gasteiger partial charge on any atom is 0.277 e. The standard InChI is InChI=1S/C24H22N2O3/c27-24(26-25-17-7-12-20-8-3-1-4-9-20)19-29-23-15-13-22(14-16-23)28-18-21-10-5-2-6-11-21/h1-17H,18-19H2,(H,26,27)/b12-7+,25-17-. The average molecular weight is 386 g/mol. The van der Waals surface area contributed by atoms with Gasteiger partial charge in [0, 0.05) is 6.21 Å². The molecular formula is C24H22N2O3. The highest BCUT2D eigenvalue weighted by Crippen LogP contribution is 2.18. The fraction of sp³-hybridized carbons (Fsp3) is 0.0833. The molecule has 0 bridgehead atoms. The number of nitrogens with zero attached hydrogens (tertiary/aromatic N) is 1. The summed E-state index contributed by atoms with van der Waals surface area (Å²) in [6.07, 6.45) is 5.17. The van der Waals surface area contributed by atoms with Gasteiger partial charge in [0.25, 0.3) is 5.91 Å². The molecule has 5 heteroatoms. The minimum absolute atomic E-state index is 0.121. The van der Waals surface area contributed by atoms with Gasteiger partial charge < -0.3 is 9.47 Å².